The van der Waals surface area contributed by atoms with Gasteiger partial charge in [-0.15, -0.1) is 0 Å². The summed E-state index contributed by atoms with van der Waals surface area (Å²) in [5.41, 5.74) is 3.64. The highest BCUT2D eigenvalue weighted by Crippen LogP contribution is 2.36. The van der Waals surface area contributed by atoms with E-state index in [-0.39, 0.29) is 41.6 Å². The second kappa shape index (κ2) is 23.7. The van der Waals surface area contributed by atoms with Gasteiger partial charge < -0.3 is 25.8 Å². The maximum absolute atomic E-state index is 12.0. The van der Waals surface area contributed by atoms with E-state index in [1.807, 2.05) is 26.9 Å². The summed E-state index contributed by atoms with van der Waals surface area (Å²) in [6.07, 6.45) is 15.4. The smallest absolute Gasteiger partial charge is 0.229 e. The van der Waals surface area contributed by atoms with Crippen LogP contribution >= 0.6 is 69.6 Å². The van der Waals surface area contributed by atoms with E-state index in [0.29, 0.717) is 138 Å². The van der Waals surface area contributed by atoms with Crippen molar-refractivity contribution in [1.29, 1.82) is 0 Å². The van der Waals surface area contributed by atoms with Crippen LogP contribution in [-0.2, 0) is 40.8 Å². The number of amides is 2. The molecule has 12 heterocycles. The molecule has 1 saturated carbocycles. The molecule has 9 aromatic rings. The Kier molecular flexibility index (Phi) is 16.6. The van der Waals surface area contributed by atoms with Gasteiger partial charge in [-0.1, -0.05) is 69.6 Å². The fraction of sp³-hybridized carbons (Fsp3) is 0.458. The third-order valence-electron chi connectivity index (χ3n) is 14.7. The van der Waals surface area contributed by atoms with Crippen LogP contribution in [0.15, 0.2) is 37.2 Å². The van der Waals surface area contributed by atoms with Crippen molar-refractivity contribution in [3.05, 3.63) is 68.1 Å². The predicted molar refractivity (Wildman–Crippen MR) is 314 cm³/mol. The average Bonchev–Trinajstić information content (AvgIpc) is 3.40. The highest BCUT2D eigenvalue weighted by molar-refractivity contribution is 7.89. The summed E-state index contributed by atoms with van der Waals surface area (Å²) in [6.45, 7) is 6.99. The van der Waals surface area contributed by atoms with Gasteiger partial charge in [-0.25, -0.2) is 41.7 Å². The van der Waals surface area contributed by atoms with Gasteiger partial charge in [-0.05, 0) is 45.4 Å². The predicted octanol–water partition coefficient (Wildman–Crippen LogP) is 7.79. The highest BCUT2D eigenvalue weighted by atomic mass is 35.5. The van der Waals surface area contributed by atoms with Crippen molar-refractivity contribution in [2.45, 2.75) is 70.5 Å². The lowest BCUT2D eigenvalue weighted by Gasteiger charge is -2.39. The molecule has 28 nitrogen and oxygen atoms in total. The molecular formula is C48H54Cl6N24O4S. The summed E-state index contributed by atoms with van der Waals surface area (Å²) in [6, 6.07) is 0.415. The van der Waals surface area contributed by atoms with Crippen molar-refractivity contribution in [1.82, 2.24) is 103 Å². The third-order valence-corrected chi connectivity index (χ3v) is 18.3. The van der Waals surface area contributed by atoms with Crippen LogP contribution in [0.25, 0.3) is 33.1 Å². The summed E-state index contributed by atoms with van der Waals surface area (Å²) < 4.78 is 35.8. The Morgan fingerprint density at radius 1 is 0.518 bits per heavy atom. The Morgan fingerprint density at radius 3 is 1.23 bits per heavy atom. The molecule has 4 fully saturated rings. The van der Waals surface area contributed by atoms with Crippen molar-refractivity contribution >= 4 is 159 Å². The minimum Gasteiger partial charge on any atom is -0.343 e. The highest BCUT2D eigenvalue weighted by Gasteiger charge is 2.40. The molecule has 0 radical (unpaired) electrons. The molecule has 4 aliphatic rings. The lowest BCUT2D eigenvalue weighted by atomic mass is 10.1. The zero-order chi connectivity index (χ0) is 58.6. The van der Waals surface area contributed by atoms with E-state index in [9.17, 15) is 18.0 Å². The molecule has 0 unspecified atom stereocenters. The Labute approximate surface area is 503 Å². The number of nitrogens with zero attached hydrogens (tertiary/aromatic N) is 21. The molecule has 9 aromatic heterocycles. The van der Waals surface area contributed by atoms with Crippen LogP contribution in [0, 0.1) is 5.92 Å². The molecular weight excluding hydrogens is 1220 g/mol. The first-order valence-electron chi connectivity index (χ1n) is 26.3. The molecule has 83 heavy (non-hydrogen) atoms. The van der Waals surface area contributed by atoms with Crippen molar-refractivity contribution in [3.8, 4) is 0 Å². The number of aryl methyl sites for hydroxylation is 3. The van der Waals surface area contributed by atoms with E-state index >= 15 is 0 Å². The molecule has 3 saturated heterocycles. The van der Waals surface area contributed by atoms with E-state index < -0.39 is 10.0 Å². The van der Waals surface area contributed by atoms with Crippen molar-refractivity contribution in [2.24, 2.45) is 27.1 Å². The molecule has 0 spiro atoms. The van der Waals surface area contributed by atoms with Crippen LogP contribution in [0.5, 0.6) is 0 Å². The van der Waals surface area contributed by atoms with Gasteiger partial charge in [0.05, 0.1) is 75.7 Å². The first-order valence-corrected chi connectivity index (χ1v) is 30.2. The van der Waals surface area contributed by atoms with Gasteiger partial charge in [0, 0.05) is 91.8 Å². The number of nitrogens with one attached hydrogen (secondary N) is 3. The fourth-order valence-electron chi connectivity index (χ4n) is 9.86. The Hall–Kier alpha value is -6.73. The van der Waals surface area contributed by atoms with Crippen LogP contribution in [0.1, 0.15) is 70.5 Å². The standard InChI is InChI=1S/C16H20Cl2N8O2S.C16H16Cl2N8O.C16H18Cl2N8O/c1-3-29(27,28)25-6-4-10(5-7-25)26-9-12(14(18)23-26)20-16-19-8-11-13(17)22-24(2)15(11)21-16;1-24-14-10(12(17)22-24)4-19-16(21-14)20-11-7-26(23-13(11)18)9-5-25(6-9)15(27)8-2-3-8;1-9(27)25-5-3-10(4-6-25)26-8-12(14(18)23-26)20-16-19-7-11-13(17)22-24(2)15(11)21-16/h8-10H,3-7H2,1-2H3,(H,19,20,21);4,7-9H,2-3,5-6H2,1H3,(H,19,20,21);7-8,10H,3-6H2,1-2H3,(H,19,20,21). The number of rotatable bonds is 12. The number of likely N-dealkylation sites (tertiary alicyclic amines) is 2. The maximum Gasteiger partial charge on any atom is 0.229 e. The Balaban J connectivity index is 0.000000130. The molecule has 1 aliphatic carbocycles. The van der Waals surface area contributed by atoms with Crippen molar-refractivity contribution < 1.29 is 18.0 Å². The normalized spacial score (nSPS) is 16.5. The van der Waals surface area contributed by atoms with Crippen LogP contribution in [-0.4, -0.2) is 168 Å². The number of fused-ring (bicyclic) bond motifs is 3. The lowest BCUT2D eigenvalue weighted by Crippen LogP contribution is -2.51. The largest absolute Gasteiger partial charge is 0.343 e. The Bertz CT molecular complexity index is 4020. The zero-order valence-electron chi connectivity index (χ0n) is 45.2. The average molecular weight is 1280 g/mol. The van der Waals surface area contributed by atoms with E-state index in [1.165, 1.54) is 4.31 Å². The topological polar surface area (TPSA) is 298 Å². The molecule has 0 atom stereocenters. The van der Waals surface area contributed by atoms with Crippen molar-refractivity contribution in [2.75, 3.05) is 61.0 Å². The number of anilines is 6. The number of carbonyl (C=O) groups is 2. The first kappa shape index (κ1) is 58.1. The Morgan fingerprint density at radius 2 is 0.880 bits per heavy atom. The lowest BCUT2D eigenvalue weighted by molar-refractivity contribution is -0.138. The third kappa shape index (κ3) is 12.4. The van der Waals surface area contributed by atoms with Crippen LogP contribution in [0.3, 0.4) is 0 Å². The molecule has 13 rings (SSSR count). The van der Waals surface area contributed by atoms with Gasteiger partial charge in [0.2, 0.25) is 39.7 Å². The minimum absolute atomic E-state index is 0.0747. The zero-order valence-corrected chi connectivity index (χ0v) is 50.5. The fourth-order valence-corrected chi connectivity index (χ4v) is 12.3. The molecule has 438 valence electrons. The van der Waals surface area contributed by atoms with E-state index in [1.54, 1.807) is 83.2 Å². The van der Waals surface area contributed by atoms with Gasteiger partial charge in [0.15, 0.2) is 47.9 Å². The summed E-state index contributed by atoms with van der Waals surface area (Å²) >= 11 is 37.0. The number of hydrogen-bond acceptors (Lipinski definition) is 19. The van der Waals surface area contributed by atoms with Gasteiger partial charge in [-0.2, -0.15) is 45.5 Å². The molecule has 35 heteroatoms. The second-order valence-electron chi connectivity index (χ2n) is 20.3. The number of piperidine rings is 2. The minimum atomic E-state index is -3.16. The summed E-state index contributed by atoms with van der Waals surface area (Å²) in [4.78, 5) is 53.3. The monoisotopic (exact) mass is 1270 g/mol. The molecule has 3 aliphatic heterocycles. The number of aromatic nitrogens is 18. The summed E-state index contributed by atoms with van der Waals surface area (Å²) in [5, 5.41) is 38.8. The number of carbonyl (C=O) groups excluding carboxylic acids is 2. The maximum atomic E-state index is 12.0. The quantitative estimate of drug-likeness (QED) is 0.105. The van der Waals surface area contributed by atoms with Gasteiger partial charge in [-0.3, -0.25) is 23.6 Å². The van der Waals surface area contributed by atoms with Crippen LogP contribution < -0.4 is 16.0 Å². The van der Waals surface area contributed by atoms with Gasteiger partial charge >= 0.3 is 0 Å². The van der Waals surface area contributed by atoms with Gasteiger partial charge in [0.1, 0.15) is 0 Å². The molecule has 0 aromatic carbocycles. The molecule has 2 amide bonds. The van der Waals surface area contributed by atoms with Crippen LogP contribution in [0.2, 0.25) is 30.9 Å². The number of sulfonamides is 1. The second-order valence-corrected chi connectivity index (χ2v) is 24.7. The van der Waals surface area contributed by atoms with Crippen molar-refractivity contribution in [3.63, 3.8) is 0 Å². The number of hydrogen-bond donors (Lipinski definition) is 3. The van der Waals surface area contributed by atoms with Gasteiger partial charge in [0.25, 0.3) is 0 Å². The number of halogens is 6. The molecule has 3 N–H and O–H groups in total. The van der Waals surface area contributed by atoms with Crippen LogP contribution in [0.4, 0.5) is 34.9 Å². The molecule has 0 bridgehead atoms. The van der Waals surface area contributed by atoms with E-state index in [0.717, 1.165) is 38.8 Å². The first-order chi connectivity index (χ1) is 39.7. The summed E-state index contributed by atoms with van der Waals surface area (Å²) in [5.74, 6) is 1.85. The SMILES string of the molecule is CC(=O)N1CCC(n2cc(Nc3ncc4c(Cl)nn(C)c4n3)c(Cl)n2)CC1.CCS(=O)(=O)N1CCC(n2cc(Nc3ncc4c(Cl)nn(C)c4n3)c(Cl)n2)CC1.Cn1nc(Cl)c2cnc(Nc3cn(C4CN(C(=O)C5CC5)C4)nc3Cl)nc21. The van der Waals surface area contributed by atoms with E-state index in [4.69, 9.17) is 69.6 Å². The van der Waals surface area contributed by atoms with E-state index in [2.05, 4.69) is 76.4 Å². The summed E-state index contributed by atoms with van der Waals surface area (Å²) in [7, 11) is 2.13.